The van der Waals surface area contributed by atoms with Gasteiger partial charge in [-0.15, -0.1) is 0 Å². The fourth-order valence-electron chi connectivity index (χ4n) is 2.04. The predicted molar refractivity (Wildman–Crippen MR) is 71.6 cm³/mol. The molecule has 2 N–H and O–H groups in total. The minimum absolute atomic E-state index is 0.152. The average molecular weight is 259 g/mol. The summed E-state index contributed by atoms with van der Waals surface area (Å²) in [6.45, 7) is 1.72. The normalized spacial score (nSPS) is 17.9. The molecule has 0 aliphatic carbocycles. The van der Waals surface area contributed by atoms with Gasteiger partial charge in [0.1, 0.15) is 6.07 Å². The minimum atomic E-state index is -0.152. The molecule has 0 saturated carbocycles. The number of nitriles is 1. The summed E-state index contributed by atoms with van der Waals surface area (Å²) in [4.78, 5) is 11.7. The van der Waals surface area contributed by atoms with Crippen LogP contribution < -0.4 is 10.6 Å². The van der Waals surface area contributed by atoms with E-state index < -0.39 is 0 Å². The third-order valence-corrected chi connectivity index (χ3v) is 3.00. The van der Waals surface area contributed by atoms with Crippen molar-refractivity contribution in [2.45, 2.75) is 18.9 Å². The van der Waals surface area contributed by atoms with Gasteiger partial charge in [-0.25, -0.2) is 0 Å². The largest absolute Gasteiger partial charge is 0.377 e. The van der Waals surface area contributed by atoms with E-state index in [4.69, 9.17) is 10.00 Å². The van der Waals surface area contributed by atoms with Gasteiger partial charge in [-0.2, -0.15) is 5.26 Å². The standard InChI is InChI=1S/C14H17N3O2/c15-8-11-4-1-2-6-13(11)17-14(18)10-16-9-12-5-3-7-19-12/h1-2,4,6,12,16H,3,5,7,9-10H2,(H,17,18)/t12-/m1/s1. The maximum Gasteiger partial charge on any atom is 0.238 e. The number of anilines is 1. The van der Waals surface area contributed by atoms with E-state index in [9.17, 15) is 4.79 Å². The van der Waals surface area contributed by atoms with Gasteiger partial charge >= 0.3 is 0 Å². The lowest BCUT2D eigenvalue weighted by Gasteiger charge is -2.11. The topological polar surface area (TPSA) is 74.2 Å². The fraction of sp³-hybridized carbons (Fsp3) is 0.429. The molecule has 0 unspecified atom stereocenters. The van der Waals surface area contributed by atoms with Crippen molar-refractivity contribution in [2.24, 2.45) is 0 Å². The maximum absolute atomic E-state index is 11.7. The molecule has 0 aromatic heterocycles. The third kappa shape index (κ3) is 4.05. The highest BCUT2D eigenvalue weighted by molar-refractivity contribution is 5.93. The van der Waals surface area contributed by atoms with Gasteiger partial charge in [0, 0.05) is 13.2 Å². The Bertz CT molecular complexity index is 476. The molecule has 1 heterocycles. The predicted octanol–water partition coefficient (Wildman–Crippen LogP) is 1.27. The van der Waals surface area contributed by atoms with Crippen LogP contribution in [0.1, 0.15) is 18.4 Å². The summed E-state index contributed by atoms with van der Waals surface area (Å²) in [5.41, 5.74) is 1.02. The quantitative estimate of drug-likeness (QED) is 0.835. The first kappa shape index (κ1) is 13.5. The Hall–Kier alpha value is -1.90. The Morgan fingerprint density at radius 2 is 2.32 bits per heavy atom. The van der Waals surface area contributed by atoms with Crippen LogP contribution in [-0.2, 0) is 9.53 Å². The van der Waals surface area contributed by atoms with Crippen molar-refractivity contribution < 1.29 is 9.53 Å². The molecule has 1 atom stereocenters. The second kappa shape index (κ2) is 6.88. The van der Waals surface area contributed by atoms with Crippen LogP contribution in [-0.4, -0.2) is 31.7 Å². The average Bonchev–Trinajstić information content (AvgIpc) is 2.92. The number of carbonyl (C=O) groups excluding carboxylic acids is 1. The summed E-state index contributed by atoms with van der Waals surface area (Å²) in [6, 6.07) is 9.00. The molecule has 1 saturated heterocycles. The van der Waals surface area contributed by atoms with Gasteiger partial charge in [0.05, 0.1) is 23.9 Å². The molecule has 100 valence electrons. The zero-order valence-electron chi connectivity index (χ0n) is 10.7. The molecule has 1 aliphatic rings. The lowest BCUT2D eigenvalue weighted by molar-refractivity contribution is -0.115. The summed E-state index contributed by atoms with van der Waals surface area (Å²) in [7, 11) is 0. The number of benzene rings is 1. The molecule has 1 aromatic rings. The van der Waals surface area contributed by atoms with Gasteiger partial charge in [-0.1, -0.05) is 12.1 Å². The van der Waals surface area contributed by atoms with Crippen LogP contribution in [0.2, 0.25) is 0 Å². The number of para-hydroxylation sites is 1. The third-order valence-electron chi connectivity index (χ3n) is 3.00. The van der Waals surface area contributed by atoms with E-state index in [1.165, 1.54) is 0 Å². The van der Waals surface area contributed by atoms with Gasteiger partial charge in [0.2, 0.25) is 5.91 Å². The summed E-state index contributed by atoms with van der Waals surface area (Å²) in [5, 5.41) is 14.7. The van der Waals surface area contributed by atoms with Gasteiger partial charge in [0.25, 0.3) is 0 Å². The number of nitrogens with one attached hydrogen (secondary N) is 2. The number of amides is 1. The highest BCUT2D eigenvalue weighted by Gasteiger charge is 2.15. The van der Waals surface area contributed by atoms with Crippen LogP contribution in [0.25, 0.3) is 0 Å². The summed E-state index contributed by atoms with van der Waals surface area (Å²) in [5.74, 6) is -0.152. The van der Waals surface area contributed by atoms with Crippen molar-refractivity contribution in [1.82, 2.24) is 5.32 Å². The van der Waals surface area contributed by atoms with Gasteiger partial charge in [-0.3, -0.25) is 4.79 Å². The molecule has 0 radical (unpaired) electrons. The minimum Gasteiger partial charge on any atom is -0.377 e. The lowest BCUT2D eigenvalue weighted by Crippen LogP contribution is -2.33. The smallest absolute Gasteiger partial charge is 0.238 e. The molecular formula is C14H17N3O2. The first-order valence-corrected chi connectivity index (χ1v) is 6.41. The summed E-state index contributed by atoms with van der Waals surface area (Å²) in [6.07, 6.45) is 2.36. The Labute approximate surface area is 112 Å². The zero-order valence-corrected chi connectivity index (χ0v) is 10.7. The monoisotopic (exact) mass is 259 g/mol. The van der Waals surface area contributed by atoms with Crippen LogP contribution in [0.5, 0.6) is 0 Å². The van der Waals surface area contributed by atoms with E-state index in [-0.39, 0.29) is 18.6 Å². The van der Waals surface area contributed by atoms with Crippen LogP contribution in [0, 0.1) is 11.3 Å². The van der Waals surface area contributed by atoms with Crippen molar-refractivity contribution in [3.05, 3.63) is 29.8 Å². The molecule has 0 spiro atoms. The molecule has 1 amide bonds. The maximum atomic E-state index is 11.7. The molecular weight excluding hydrogens is 242 g/mol. The van der Waals surface area contributed by atoms with Crippen molar-refractivity contribution in [3.8, 4) is 6.07 Å². The van der Waals surface area contributed by atoms with E-state index in [0.717, 1.165) is 19.4 Å². The summed E-state index contributed by atoms with van der Waals surface area (Å²) < 4.78 is 5.45. The number of carbonyl (C=O) groups is 1. The molecule has 0 bridgehead atoms. The highest BCUT2D eigenvalue weighted by atomic mass is 16.5. The number of ether oxygens (including phenoxy) is 1. The van der Waals surface area contributed by atoms with E-state index in [0.29, 0.717) is 17.8 Å². The molecule has 5 heteroatoms. The number of nitrogens with zero attached hydrogens (tertiary/aromatic N) is 1. The van der Waals surface area contributed by atoms with Gasteiger partial charge in [0.15, 0.2) is 0 Å². The van der Waals surface area contributed by atoms with E-state index in [2.05, 4.69) is 10.6 Å². The SMILES string of the molecule is N#Cc1ccccc1NC(=O)CNC[C@H]1CCCO1. The first-order valence-electron chi connectivity index (χ1n) is 6.41. The van der Waals surface area contributed by atoms with E-state index in [1.807, 2.05) is 6.07 Å². The number of rotatable bonds is 5. The molecule has 2 rings (SSSR count). The summed E-state index contributed by atoms with van der Waals surface area (Å²) >= 11 is 0. The van der Waals surface area contributed by atoms with Crippen LogP contribution in [0.15, 0.2) is 24.3 Å². The Kier molecular flexibility index (Phi) is 4.90. The molecule has 1 aliphatic heterocycles. The second-order valence-corrected chi connectivity index (χ2v) is 4.47. The van der Waals surface area contributed by atoms with Crippen molar-refractivity contribution >= 4 is 11.6 Å². The van der Waals surface area contributed by atoms with E-state index >= 15 is 0 Å². The van der Waals surface area contributed by atoms with E-state index in [1.54, 1.807) is 24.3 Å². The molecule has 1 aromatic carbocycles. The van der Waals surface area contributed by atoms with Crippen LogP contribution >= 0.6 is 0 Å². The lowest BCUT2D eigenvalue weighted by atomic mass is 10.2. The second-order valence-electron chi connectivity index (χ2n) is 4.47. The Morgan fingerprint density at radius 3 is 3.05 bits per heavy atom. The Morgan fingerprint density at radius 1 is 1.47 bits per heavy atom. The van der Waals surface area contributed by atoms with Crippen molar-refractivity contribution in [2.75, 3.05) is 25.0 Å². The number of hydrogen-bond donors (Lipinski definition) is 2. The highest BCUT2D eigenvalue weighted by Crippen LogP contribution is 2.13. The first-order chi connectivity index (χ1) is 9.29. The molecule has 5 nitrogen and oxygen atoms in total. The van der Waals surface area contributed by atoms with Crippen molar-refractivity contribution in [3.63, 3.8) is 0 Å². The van der Waals surface area contributed by atoms with Crippen LogP contribution in [0.4, 0.5) is 5.69 Å². The number of hydrogen-bond acceptors (Lipinski definition) is 4. The van der Waals surface area contributed by atoms with Gasteiger partial charge < -0.3 is 15.4 Å². The molecule has 19 heavy (non-hydrogen) atoms. The van der Waals surface area contributed by atoms with Gasteiger partial charge in [-0.05, 0) is 25.0 Å². The molecule has 1 fully saturated rings. The Balaban J connectivity index is 1.76. The fourth-order valence-corrected chi connectivity index (χ4v) is 2.04. The zero-order chi connectivity index (χ0) is 13.5. The van der Waals surface area contributed by atoms with Crippen molar-refractivity contribution in [1.29, 1.82) is 5.26 Å². The van der Waals surface area contributed by atoms with Crippen LogP contribution in [0.3, 0.4) is 0 Å².